The third kappa shape index (κ3) is 4.04. The summed E-state index contributed by atoms with van der Waals surface area (Å²) in [6, 6.07) is 17.4. The molecule has 2 aliphatic rings. The molecule has 2 aromatic rings. The molecule has 0 saturated heterocycles. The Morgan fingerprint density at radius 1 is 0.962 bits per heavy atom. The Morgan fingerprint density at radius 3 is 2.46 bits per heavy atom. The Labute approximate surface area is 173 Å². The summed E-state index contributed by atoms with van der Waals surface area (Å²) >= 11 is 0. The molecule has 2 aromatic carbocycles. The van der Waals surface area contributed by atoms with Crippen LogP contribution < -0.4 is 10.2 Å². The minimum absolute atomic E-state index is 0. The lowest BCUT2D eigenvalue weighted by atomic mass is 10.00. The second kappa shape index (κ2) is 8.86. The largest absolute Gasteiger partial charge is 0.355 e. The van der Waals surface area contributed by atoms with Gasteiger partial charge < -0.3 is 10.2 Å². The summed E-state index contributed by atoms with van der Waals surface area (Å²) in [5.74, 6) is 0.988. The van der Waals surface area contributed by atoms with E-state index in [4.69, 9.17) is 0 Å². The first-order valence-corrected chi connectivity index (χ1v) is 9.20. The first kappa shape index (κ1) is 19.2. The number of hydrogen-bond donors (Lipinski definition) is 1. The fourth-order valence-corrected chi connectivity index (χ4v) is 3.92. The average molecular weight is 462 g/mol. The number of hydrogen-bond acceptors (Lipinski definition) is 2. The Morgan fingerprint density at radius 2 is 1.65 bits per heavy atom. The van der Waals surface area contributed by atoms with Gasteiger partial charge in [0.25, 0.3) is 0 Å². The van der Waals surface area contributed by atoms with Crippen LogP contribution in [0, 0.1) is 0 Å². The Kier molecular flexibility index (Phi) is 6.53. The maximum atomic E-state index is 4.50. The second-order valence-corrected chi connectivity index (χ2v) is 6.80. The van der Waals surface area contributed by atoms with Gasteiger partial charge in [-0.1, -0.05) is 42.5 Å². The van der Waals surface area contributed by atoms with Crippen LogP contribution in [-0.2, 0) is 19.4 Å². The van der Waals surface area contributed by atoms with Crippen molar-refractivity contribution in [2.45, 2.75) is 19.4 Å². The van der Waals surface area contributed by atoms with Crippen LogP contribution in [0.1, 0.15) is 16.7 Å². The van der Waals surface area contributed by atoms with E-state index < -0.39 is 0 Å². The number of nitrogens with zero attached hydrogens (tertiary/aromatic N) is 3. The number of benzene rings is 2. The van der Waals surface area contributed by atoms with Gasteiger partial charge in [-0.3, -0.25) is 9.89 Å². The monoisotopic (exact) mass is 462 g/mol. The lowest BCUT2D eigenvalue weighted by molar-refractivity contribution is 0.258. The molecule has 2 heterocycles. The zero-order valence-corrected chi connectivity index (χ0v) is 17.6. The predicted octanol–water partition coefficient (Wildman–Crippen LogP) is 3.30. The van der Waals surface area contributed by atoms with Crippen LogP contribution in [0.4, 0.5) is 5.69 Å². The summed E-state index contributed by atoms with van der Waals surface area (Å²) in [5, 5.41) is 3.56. The standard InChI is InChI=1S/C21H26N4.HI/c1-22-21(25-14-11-18-7-4-5-9-20(18)25)23-12-15-24-13-10-17-6-2-3-8-19(17)16-24;/h2-9H,10-16H2,1H3,(H,22,23);1H. The van der Waals surface area contributed by atoms with Crippen molar-refractivity contribution < 1.29 is 0 Å². The van der Waals surface area contributed by atoms with E-state index in [1.807, 2.05) is 7.05 Å². The van der Waals surface area contributed by atoms with Crippen molar-refractivity contribution in [3.05, 3.63) is 65.2 Å². The minimum atomic E-state index is 0. The maximum absolute atomic E-state index is 4.50. The van der Waals surface area contributed by atoms with Gasteiger partial charge >= 0.3 is 0 Å². The molecule has 1 N–H and O–H groups in total. The topological polar surface area (TPSA) is 30.9 Å². The predicted molar refractivity (Wildman–Crippen MR) is 120 cm³/mol. The minimum Gasteiger partial charge on any atom is -0.355 e. The highest BCUT2D eigenvalue weighted by atomic mass is 127. The van der Waals surface area contributed by atoms with Crippen molar-refractivity contribution in [2.75, 3.05) is 38.1 Å². The zero-order chi connectivity index (χ0) is 17.1. The highest BCUT2D eigenvalue weighted by Crippen LogP contribution is 2.27. The van der Waals surface area contributed by atoms with Gasteiger partial charge in [-0.25, -0.2) is 0 Å². The quantitative estimate of drug-likeness (QED) is 0.432. The van der Waals surface area contributed by atoms with Crippen LogP contribution in [0.25, 0.3) is 0 Å². The highest BCUT2D eigenvalue weighted by molar-refractivity contribution is 14.0. The van der Waals surface area contributed by atoms with Crippen molar-refractivity contribution in [2.24, 2.45) is 4.99 Å². The van der Waals surface area contributed by atoms with Crippen molar-refractivity contribution in [3.8, 4) is 0 Å². The molecule has 26 heavy (non-hydrogen) atoms. The van der Waals surface area contributed by atoms with Crippen molar-refractivity contribution >= 4 is 35.6 Å². The zero-order valence-electron chi connectivity index (χ0n) is 15.3. The number of fused-ring (bicyclic) bond motifs is 2. The molecular formula is C21H27IN4. The van der Waals surface area contributed by atoms with Gasteiger partial charge in [0.2, 0.25) is 0 Å². The third-order valence-electron chi connectivity index (χ3n) is 5.28. The van der Waals surface area contributed by atoms with Gasteiger partial charge in [0.1, 0.15) is 0 Å². The molecule has 0 radical (unpaired) electrons. The molecule has 0 aromatic heterocycles. The molecule has 0 spiro atoms. The lowest BCUT2D eigenvalue weighted by Gasteiger charge is -2.29. The summed E-state index contributed by atoms with van der Waals surface area (Å²) in [5.41, 5.74) is 5.70. The van der Waals surface area contributed by atoms with Gasteiger partial charge in [-0.15, -0.1) is 24.0 Å². The molecule has 0 saturated carbocycles. The molecule has 0 unspecified atom stereocenters. The summed E-state index contributed by atoms with van der Waals surface area (Å²) in [7, 11) is 1.88. The lowest BCUT2D eigenvalue weighted by Crippen LogP contribution is -2.44. The normalized spacial score (nSPS) is 16.7. The molecule has 2 aliphatic heterocycles. The molecule has 5 heteroatoms. The first-order valence-electron chi connectivity index (χ1n) is 9.20. The SMILES string of the molecule is CN=C(NCCN1CCc2ccccc2C1)N1CCc2ccccc21.I. The summed E-state index contributed by atoms with van der Waals surface area (Å²) in [6.45, 7) is 5.18. The summed E-state index contributed by atoms with van der Waals surface area (Å²) < 4.78 is 0. The molecule has 0 atom stereocenters. The number of rotatable bonds is 3. The van der Waals surface area contributed by atoms with Gasteiger partial charge in [0, 0.05) is 45.5 Å². The van der Waals surface area contributed by atoms with E-state index in [1.165, 1.54) is 22.4 Å². The molecule has 0 aliphatic carbocycles. The van der Waals surface area contributed by atoms with Crippen LogP contribution in [-0.4, -0.2) is 44.1 Å². The fourth-order valence-electron chi connectivity index (χ4n) is 3.92. The van der Waals surface area contributed by atoms with E-state index >= 15 is 0 Å². The molecule has 138 valence electrons. The van der Waals surface area contributed by atoms with Gasteiger partial charge in [0.05, 0.1) is 0 Å². The van der Waals surface area contributed by atoms with Gasteiger partial charge in [-0.2, -0.15) is 0 Å². The van der Waals surface area contributed by atoms with Crippen molar-refractivity contribution in [1.82, 2.24) is 10.2 Å². The molecule has 0 amide bonds. The van der Waals surface area contributed by atoms with E-state index in [2.05, 4.69) is 68.6 Å². The van der Waals surface area contributed by atoms with Crippen LogP contribution in [0.15, 0.2) is 53.5 Å². The number of nitrogens with one attached hydrogen (secondary N) is 1. The molecule has 0 bridgehead atoms. The van der Waals surface area contributed by atoms with Crippen molar-refractivity contribution in [3.63, 3.8) is 0 Å². The number of guanidine groups is 1. The second-order valence-electron chi connectivity index (χ2n) is 6.80. The number of anilines is 1. The molecular weight excluding hydrogens is 435 g/mol. The van der Waals surface area contributed by atoms with Crippen LogP contribution in [0.5, 0.6) is 0 Å². The van der Waals surface area contributed by atoms with E-state index in [9.17, 15) is 0 Å². The number of para-hydroxylation sites is 1. The van der Waals surface area contributed by atoms with E-state index in [1.54, 1.807) is 0 Å². The van der Waals surface area contributed by atoms with Gasteiger partial charge in [-0.05, 0) is 35.6 Å². The van der Waals surface area contributed by atoms with Crippen LogP contribution >= 0.6 is 24.0 Å². The molecule has 0 fully saturated rings. The van der Waals surface area contributed by atoms with Crippen LogP contribution in [0.2, 0.25) is 0 Å². The third-order valence-corrected chi connectivity index (χ3v) is 5.28. The number of halogens is 1. The smallest absolute Gasteiger partial charge is 0.198 e. The van der Waals surface area contributed by atoms with Gasteiger partial charge in [0.15, 0.2) is 5.96 Å². The molecule has 4 nitrogen and oxygen atoms in total. The number of aliphatic imine (C=N–C) groups is 1. The Bertz CT molecular complexity index is 774. The van der Waals surface area contributed by atoms with E-state index in [0.29, 0.717) is 0 Å². The maximum Gasteiger partial charge on any atom is 0.198 e. The Hall–Kier alpha value is -1.60. The summed E-state index contributed by atoms with van der Waals surface area (Å²) in [4.78, 5) is 9.34. The Balaban J connectivity index is 0.00000196. The first-order chi connectivity index (χ1) is 12.3. The van der Waals surface area contributed by atoms with E-state index in [-0.39, 0.29) is 24.0 Å². The molecule has 4 rings (SSSR count). The fraction of sp³-hybridized carbons (Fsp3) is 0.381. The highest BCUT2D eigenvalue weighted by Gasteiger charge is 2.22. The van der Waals surface area contributed by atoms with Crippen molar-refractivity contribution in [1.29, 1.82) is 0 Å². The van der Waals surface area contributed by atoms with Crippen LogP contribution in [0.3, 0.4) is 0 Å². The summed E-state index contributed by atoms with van der Waals surface area (Å²) in [6.07, 6.45) is 2.25. The van der Waals surface area contributed by atoms with E-state index in [0.717, 1.165) is 51.5 Å². The average Bonchev–Trinajstić information content (AvgIpc) is 3.09.